The van der Waals surface area contributed by atoms with Crippen molar-refractivity contribution in [2.75, 3.05) is 0 Å². The molecule has 0 saturated carbocycles. The average molecular weight is 537 g/mol. The van der Waals surface area contributed by atoms with E-state index in [2.05, 4.69) is 115 Å². The summed E-state index contributed by atoms with van der Waals surface area (Å²) >= 11 is 0. The normalized spacial score (nSPS) is 12.0. The molecule has 7 aromatic carbocycles. The first-order chi connectivity index (χ1) is 20.8. The lowest BCUT2D eigenvalue weighted by atomic mass is 9.90. The van der Waals surface area contributed by atoms with Crippen LogP contribution in [0.2, 0.25) is 0 Å². The van der Waals surface area contributed by atoms with Crippen LogP contribution >= 0.6 is 0 Å². The summed E-state index contributed by atoms with van der Waals surface area (Å²) in [5.41, 5.74) is 11.4. The maximum Gasteiger partial charge on any atom is 0.136 e. The lowest BCUT2D eigenvalue weighted by Crippen LogP contribution is -1.97. The molecule has 2 nitrogen and oxygen atoms in total. The van der Waals surface area contributed by atoms with Gasteiger partial charge < -0.3 is 9.15 Å². The molecule has 8 aromatic rings. The van der Waals surface area contributed by atoms with Gasteiger partial charge in [0.2, 0.25) is 0 Å². The van der Waals surface area contributed by atoms with Crippen LogP contribution in [0.5, 0.6) is 11.5 Å². The van der Waals surface area contributed by atoms with Crippen molar-refractivity contribution in [1.29, 1.82) is 0 Å². The predicted octanol–water partition coefficient (Wildman–Crippen LogP) is 11.5. The van der Waals surface area contributed by atoms with Crippen LogP contribution in [0.15, 0.2) is 150 Å². The standard InChI is InChI=1S/C40H24O2/c1-3-12-35-31(7-1)33-11-5-10-32-29(23-24-38(41-35)40(32)33)27-19-15-25(16-20-27)26-17-21-28(22-18-26)30-9-6-14-37-39(30)34-8-2-4-13-36(34)42-37/h1-24H. The van der Waals surface area contributed by atoms with Crippen LogP contribution in [0, 0.1) is 0 Å². The maximum atomic E-state index is 6.29. The number of hydrogen-bond acceptors (Lipinski definition) is 2. The van der Waals surface area contributed by atoms with E-state index >= 15 is 0 Å². The molecule has 196 valence electrons. The Hall–Kier alpha value is -5.60. The topological polar surface area (TPSA) is 22.4 Å². The Morgan fingerprint density at radius 1 is 0.310 bits per heavy atom. The monoisotopic (exact) mass is 536 g/mol. The smallest absolute Gasteiger partial charge is 0.136 e. The molecule has 0 aliphatic carbocycles. The third-order valence-electron chi connectivity index (χ3n) is 8.53. The van der Waals surface area contributed by atoms with E-state index in [1.165, 1.54) is 55.1 Å². The van der Waals surface area contributed by atoms with Gasteiger partial charge in [0.25, 0.3) is 0 Å². The number of fused-ring (bicyclic) bond motifs is 5. The number of para-hydroxylation sites is 2. The van der Waals surface area contributed by atoms with Gasteiger partial charge in [-0.15, -0.1) is 0 Å². The molecule has 0 saturated heterocycles. The zero-order valence-electron chi connectivity index (χ0n) is 22.7. The minimum absolute atomic E-state index is 0.912. The number of rotatable bonds is 3. The van der Waals surface area contributed by atoms with Crippen molar-refractivity contribution in [3.63, 3.8) is 0 Å². The van der Waals surface area contributed by atoms with Crippen molar-refractivity contribution >= 4 is 32.7 Å². The Balaban J connectivity index is 1.07. The molecular formula is C40H24O2. The molecule has 1 aliphatic rings. The molecule has 0 spiro atoms. The van der Waals surface area contributed by atoms with Gasteiger partial charge >= 0.3 is 0 Å². The third-order valence-corrected chi connectivity index (χ3v) is 8.53. The van der Waals surface area contributed by atoms with Gasteiger partial charge in [-0.05, 0) is 68.6 Å². The molecule has 0 radical (unpaired) electrons. The summed E-state index contributed by atoms with van der Waals surface area (Å²) < 4.78 is 12.4. The highest BCUT2D eigenvalue weighted by Gasteiger charge is 2.21. The molecule has 0 fully saturated rings. The molecule has 9 rings (SSSR count). The molecule has 1 aliphatic heterocycles. The summed E-state index contributed by atoms with van der Waals surface area (Å²) in [5, 5.41) is 4.70. The second-order valence-electron chi connectivity index (χ2n) is 10.9. The van der Waals surface area contributed by atoms with E-state index in [0.29, 0.717) is 0 Å². The van der Waals surface area contributed by atoms with Gasteiger partial charge in [-0.2, -0.15) is 0 Å². The molecule has 42 heavy (non-hydrogen) atoms. The largest absolute Gasteiger partial charge is 0.456 e. The van der Waals surface area contributed by atoms with Crippen LogP contribution < -0.4 is 4.74 Å². The van der Waals surface area contributed by atoms with Gasteiger partial charge in [0, 0.05) is 21.7 Å². The Morgan fingerprint density at radius 3 is 1.74 bits per heavy atom. The molecule has 0 N–H and O–H groups in total. The summed E-state index contributed by atoms with van der Waals surface area (Å²) in [6, 6.07) is 51.4. The van der Waals surface area contributed by atoms with E-state index in [0.717, 1.165) is 33.6 Å². The fourth-order valence-corrected chi connectivity index (χ4v) is 6.53. The molecule has 0 unspecified atom stereocenters. The average Bonchev–Trinajstić information content (AvgIpc) is 3.44. The lowest BCUT2D eigenvalue weighted by Gasteiger charge is -2.22. The van der Waals surface area contributed by atoms with Crippen LogP contribution in [0.25, 0.3) is 77.2 Å². The summed E-state index contributed by atoms with van der Waals surface area (Å²) in [6.45, 7) is 0. The zero-order valence-corrected chi connectivity index (χ0v) is 22.7. The van der Waals surface area contributed by atoms with Gasteiger partial charge in [-0.25, -0.2) is 0 Å². The number of hydrogen-bond donors (Lipinski definition) is 0. The lowest BCUT2D eigenvalue weighted by molar-refractivity contribution is 0.487. The van der Waals surface area contributed by atoms with E-state index in [4.69, 9.17) is 9.15 Å². The first-order valence-corrected chi connectivity index (χ1v) is 14.3. The van der Waals surface area contributed by atoms with Crippen molar-refractivity contribution in [3.8, 4) is 56.0 Å². The summed E-state index contributed by atoms with van der Waals surface area (Å²) in [5.74, 6) is 1.83. The second-order valence-corrected chi connectivity index (χ2v) is 10.9. The number of ether oxygens (including phenoxy) is 1. The fraction of sp³-hybridized carbons (Fsp3) is 0. The predicted molar refractivity (Wildman–Crippen MR) is 173 cm³/mol. The molecule has 1 aromatic heterocycles. The molecule has 0 atom stereocenters. The van der Waals surface area contributed by atoms with E-state index < -0.39 is 0 Å². The van der Waals surface area contributed by atoms with Gasteiger partial charge in [-0.1, -0.05) is 121 Å². The van der Waals surface area contributed by atoms with Crippen LogP contribution in [0.3, 0.4) is 0 Å². The Labute approximate surface area is 243 Å². The third kappa shape index (κ3) is 3.45. The highest BCUT2D eigenvalue weighted by Crippen LogP contribution is 2.48. The first-order valence-electron chi connectivity index (χ1n) is 14.3. The van der Waals surface area contributed by atoms with Crippen LogP contribution in [-0.2, 0) is 0 Å². The Bertz CT molecular complexity index is 2310. The van der Waals surface area contributed by atoms with Gasteiger partial charge in [-0.3, -0.25) is 0 Å². The summed E-state index contributed by atoms with van der Waals surface area (Å²) in [4.78, 5) is 0. The van der Waals surface area contributed by atoms with E-state index in [1.807, 2.05) is 30.3 Å². The summed E-state index contributed by atoms with van der Waals surface area (Å²) in [6.07, 6.45) is 0. The fourth-order valence-electron chi connectivity index (χ4n) is 6.53. The van der Waals surface area contributed by atoms with Gasteiger partial charge in [0.1, 0.15) is 22.7 Å². The maximum absolute atomic E-state index is 6.29. The summed E-state index contributed by atoms with van der Waals surface area (Å²) in [7, 11) is 0. The van der Waals surface area contributed by atoms with Crippen molar-refractivity contribution in [2.45, 2.75) is 0 Å². The van der Waals surface area contributed by atoms with Crippen LogP contribution in [0.1, 0.15) is 0 Å². The van der Waals surface area contributed by atoms with Crippen molar-refractivity contribution in [2.24, 2.45) is 0 Å². The van der Waals surface area contributed by atoms with E-state index in [1.54, 1.807) is 0 Å². The van der Waals surface area contributed by atoms with E-state index in [9.17, 15) is 0 Å². The van der Waals surface area contributed by atoms with Crippen molar-refractivity contribution in [1.82, 2.24) is 0 Å². The van der Waals surface area contributed by atoms with Crippen LogP contribution in [0.4, 0.5) is 0 Å². The molecule has 0 amide bonds. The van der Waals surface area contributed by atoms with Gasteiger partial charge in [0.05, 0.1) is 0 Å². The van der Waals surface area contributed by atoms with E-state index in [-0.39, 0.29) is 0 Å². The Kier molecular flexibility index (Phi) is 4.93. The minimum Gasteiger partial charge on any atom is -0.456 e. The molecule has 0 bridgehead atoms. The number of benzene rings is 7. The quantitative estimate of drug-likeness (QED) is 0.224. The van der Waals surface area contributed by atoms with Crippen molar-refractivity contribution in [3.05, 3.63) is 146 Å². The first kappa shape index (κ1) is 23.1. The van der Waals surface area contributed by atoms with Gasteiger partial charge in [0.15, 0.2) is 0 Å². The molecule has 2 heteroatoms. The zero-order chi connectivity index (χ0) is 27.6. The van der Waals surface area contributed by atoms with Crippen molar-refractivity contribution < 1.29 is 9.15 Å². The van der Waals surface area contributed by atoms with Crippen LogP contribution in [-0.4, -0.2) is 0 Å². The minimum atomic E-state index is 0.912. The Morgan fingerprint density at radius 2 is 0.905 bits per heavy atom. The highest BCUT2D eigenvalue weighted by atomic mass is 16.5. The molecule has 2 heterocycles. The highest BCUT2D eigenvalue weighted by molar-refractivity contribution is 6.12. The molecular weight excluding hydrogens is 512 g/mol. The second kappa shape index (κ2) is 8.95. The SMILES string of the molecule is c1ccc2c(c1)Oc1ccc(-c3ccc(-c4ccc(-c5cccc6oc7ccccc7c56)cc4)cc3)c3cccc-2c13. The number of furan rings is 1.